The highest BCUT2D eigenvalue weighted by Crippen LogP contribution is 2.24. The number of aryl methyl sites for hydroxylation is 1. The Kier molecular flexibility index (Phi) is 6.36. The summed E-state index contributed by atoms with van der Waals surface area (Å²) in [4.78, 5) is 2.32. The summed E-state index contributed by atoms with van der Waals surface area (Å²) < 4.78 is 0. The molecule has 1 aromatic carbocycles. The number of oxime groups is 1. The summed E-state index contributed by atoms with van der Waals surface area (Å²) in [5.74, 6) is 0.832. The first-order valence-electron chi connectivity index (χ1n) is 7.40. The van der Waals surface area contributed by atoms with Crippen LogP contribution in [-0.2, 0) is 0 Å². The smallest absolute Gasteiger partial charge is 0.172 e. The molecule has 1 aromatic rings. The largest absolute Gasteiger partial charge is 0.409 e. The van der Waals surface area contributed by atoms with Crippen molar-refractivity contribution in [2.45, 2.75) is 40.5 Å². The molecule has 0 fully saturated rings. The average molecular weight is 277 g/mol. The van der Waals surface area contributed by atoms with Crippen LogP contribution in [0.4, 0.5) is 5.69 Å². The van der Waals surface area contributed by atoms with Crippen LogP contribution in [0.3, 0.4) is 0 Å². The standard InChI is InChI=1S/C16H27N3O/c1-5-13(6-2)11-19(7-3)15-10-12(4)8-9-14(15)16(17)18-20/h8-10,13,20H,5-7,11H2,1-4H3,(H2,17,18). The Morgan fingerprint density at radius 1 is 1.30 bits per heavy atom. The zero-order valence-electron chi connectivity index (χ0n) is 13.1. The van der Waals surface area contributed by atoms with Crippen LogP contribution in [-0.4, -0.2) is 24.1 Å². The number of benzene rings is 1. The fourth-order valence-corrected chi connectivity index (χ4v) is 2.43. The zero-order chi connectivity index (χ0) is 15.1. The van der Waals surface area contributed by atoms with Crippen molar-refractivity contribution in [2.24, 2.45) is 16.8 Å². The molecule has 0 bridgehead atoms. The minimum atomic E-state index is 0.169. The van der Waals surface area contributed by atoms with E-state index in [1.165, 1.54) is 5.56 Å². The highest BCUT2D eigenvalue weighted by Gasteiger charge is 2.16. The van der Waals surface area contributed by atoms with Crippen molar-refractivity contribution < 1.29 is 5.21 Å². The minimum Gasteiger partial charge on any atom is -0.409 e. The van der Waals surface area contributed by atoms with Crippen LogP contribution in [0.2, 0.25) is 0 Å². The van der Waals surface area contributed by atoms with Crippen molar-refractivity contribution in [3.05, 3.63) is 29.3 Å². The number of hydrogen-bond donors (Lipinski definition) is 2. The molecule has 0 heterocycles. The number of nitrogens with two attached hydrogens (primary N) is 1. The quantitative estimate of drug-likeness (QED) is 0.348. The van der Waals surface area contributed by atoms with Crippen molar-refractivity contribution in [1.29, 1.82) is 0 Å². The fourth-order valence-electron chi connectivity index (χ4n) is 2.43. The topological polar surface area (TPSA) is 61.8 Å². The van der Waals surface area contributed by atoms with E-state index in [9.17, 15) is 0 Å². The Morgan fingerprint density at radius 2 is 1.95 bits per heavy atom. The maximum Gasteiger partial charge on any atom is 0.172 e. The van der Waals surface area contributed by atoms with Crippen molar-refractivity contribution in [3.63, 3.8) is 0 Å². The van der Waals surface area contributed by atoms with Crippen LogP contribution >= 0.6 is 0 Å². The highest BCUT2D eigenvalue weighted by atomic mass is 16.4. The van der Waals surface area contributed by atoms with Crippen LogP contribution in [0.5, 0.6) is 0 Å². The second-order valence-corrected chi connectivity index (χ2v) is 5.23. The molecule has 1 rings (SSSR count). The molecule has 20 heavy (non-hydrogen) atoms. The van der Waals surface area contributed by atoms with E-state index in [0.29, 0.717) is 5.92 Å². The van der Waals surface area contributed by atoms with Crippen molar-refractivity contribution in [1.82, 2.24) is 0 Å². The second-order valence-electron chi connectivity index (χ2n) is 5.23. The summed E-state index contributed by atoms with van der Waals surface area (Å²) in [6.07, 6.45) is 2.33. The van der Waals surface area contributed by atoms with Gasteiger partial charge in [0.25, 0.3) is 0 Å². The summed E-state index contributed by atoms with van der Waals surface area (Å²) in [5, 5.41) is 12.1. The monoisotopic (exact) mass is 277 g/mol. The summed E-state index contributed by atoms with van der Waals surface area (Å²) in [7, 11) is 0. The lowest BCUT2D eigenvalue weighted by molar-refractivity contribution is 0.318. The molecule has 112 valence electrons. The van der Waals surface area contributed by atoms with Gasteiger partial charge < -0.3 is 15.8 Å². The van der Waals surface area contributed by atoms with E-state index in [-0.39, 0.29) is 5.84 Å². The molecule has 4 heteroatoms. The maximum atomic E-state index is 8.96. The van der Waals surface area contributed by atoms with E-state index in [1.807, 2.05) is 12.1 Å². The first-order valence-corrected chi connectivity index (χ1v) is 7.40. The van der Waals surface area contributed by atoms with Gasteiger partial charge in [-0.25, -0.2) is 0 Å². The molecule has 0 atom stereocenters. The third kappa shape index (κ3) is 3.89. The van der Waals surface area contributed by atoms with Gasteiger partial charge in [0, 0.05) is 24.3 Å². The highest BCUT2D eigenvalue weighted by molar-refractivity contribution is 6.02. The normalized spacial score (nSPS) is 11.9. The first-order chi connectivity index (χ1) is 9.57. The van der Waals surface area contributed by atoms with Gasteiger partial charge in [0.05, 0.1) is 0 Å². The van der Waals surface area contributed by atoms with Gasteiger partial charge in [0.2, 0.25) is 0 Å². The summed E-state index contributed by atoms with van der Waals surface area (Å²) in [5.41, 5.74) is 8.83. The molecule has 0 aliphatic heterocycles. The third-order valence-electron chi connectivity index (χ3n) is 3.89. The van der Waals surface area contributed by atoms with E-state index in [0.717, 1.165) is 37.2 Å². The predicted molar refractivity (Wildman–Crippen MR) is 85.6 cm³/mol. The van der Waals surface area contributed by atoms with Gasteiger partial charge in [0.15, 0.2) is 5.84 Å². The summed E-state index contributed by atoms with van der Waals surface area (Å²) >= 11 is 0. The molecule has 3 N–H and O–H groups in total. The Bertz CT molecular complexity index is 453. The molecule has 0 unspecified atom stereocenters. The van der Waals surface area contributed by atoms with Crippen molar-refractivity contribution >= 4 is 11.5 Å². The fraction of sp³-hybridized carbons (Fsp3) is 0.562. The van der Waals surface area contributed by atoms with Gasteiger partial charge in [-0.2, -0.15) is 0 Å². The molecule has 0 aliphatic rings. The predicted octanol–water partition coefficient (Wildman–Crippen LogP) is 3.35. The first kappa shape index (κ1) is 16.3. The third-order valence-corrected chi connectivity index (χ3v) is 3.89. The van der Waals surface area contributed by atoms with Crippen LogP contribution in [0, 0.1) is 12.8 Å². The SMILES string of the molecule is CCC(CC)CN(CC)c1cc(C)ccc1C(N)=NO. The van der Waals surface area contributed by atoms with Crippen LogP contribution in [0.25, 0.3) is 0 Å². The minimum absolute atomic E-state index is 0.169. The molecule has 0 saturated carbocycles. The summed E-state index contributed by atoms with van der Waals surface area (Å²) in [6.45, 7) is 10.6. The van der Waals surface area contributed by atoms with Gasteiger partial charge >= 0.3 is 0 Å². The second kappa shape index (κ2) is 7.78. The Hall–Kier alpha value is -1.71. The molecule has 0 saturated heterocycles. The van der Waals surface area contributed by atoms with Crippen LogP contribution in [0.1, 0.15) is 44.7 Å². The van der Waals surface area contributed by atoms with E-state index in [2.05, 4.69) is 43.8 Å². The average Bonchev–Trinajstić information content (AvgIpc) is 2.48. The van der Waals surface area contributed by atoms with Crippen molar-refractivity contribution in [3.8, 4) is 0 Å². The van der Waals surface area contributed by atoms with E-state index >= 15 is 0 Å². The van der Waals surface area contributed by atoms with Crippen LogP contribution in [0.15, 0.2) is 23.4 Å². The molecule has 0 radical (unpaired) electrons. The number of amidine groups is 1. The molecular formula is C16H27N3O. The van der Waals surface area contributed by atoms with Gasteiger partial charge in [0.1, 0.15) is 0 Å². The molecule has 0 amide bonds. The Labute approximate surface area is 122 Å². The lowest BCUT2D eigenvalue weighted by Gasteiger charge is -2.29. The molecule has 4 nitrogen and oxygen atoms in total. The lowest BCUT2D eigenvalue weighted by atomic mass is 10.0. The molecular weight excluding hydrogens is 250 g/mol. The van der Waals surface area contributed by atoms with E-state index < -0.39 is 0 Å². The van der Waals surface area contributed by atoms with Crippen LogP contribution < -0.4 is 10.6 Å². The number of rotatable bonds is 7. The zero-order valence-corrected chi connectivity index (χ0v) is 13.1. The Morgan fingerprint density at radius 3 is 2.45 bits per heavy atom. The van der Waals surface area contributed by atoms with Gasteiger partial charge in [-0.1, -0.05) is 37.9 Å². The number of hydrogen-bond acceptors (Lipinski definition) is 3. The molecule has 0 spiro atoms. The van der Waals surface area contributed by atoms with Gasteiger partial charge in [-0.15, -0.1) is 0 Å². The molecule has 0 aromatic heterocycles. The maximum absolute atomic E-state index is 8.96. The van der Waals surface area contributed by atoms with Gasteiger partial charge in [-0.05, 0) is 37.5 Å². The van der Waals surface area contributed by atoms with Gasteiger partial charge in [-0.3, -0.25) is 0 Å². The number of anilines is 1. The molecule has 0 aliphatic carbocycles. The van der Waals surface area contributed by atoms with E-state index in [1.54, 1.807) is 0 Å². The Balaban J connectivity index is 3.16. The number of nitrogens with zero attached hydrogens (tertiary/aromatic N) is 2. The lowest BCUT2D eigenvalue weighted by Crippen LogP contribution is -2.31. The summed E-state index contributed by atoms with van der Waals surface area (Å²) in [6, 6.07) is 6.02. The van der Waals surface area contributed by atoms with Crippen molar-refractivity contribution in [2.75, 3.05) is 18.0 Å². The van der Waals surface area contributed by atoms with E-state index in [4.69, 9.17) is 10.9 Å².